The summed E-state index contributed by atoms with van der Waals surface area (Å²) in [6, 6.07) is 13.8. The van der Waals surface area contributed by atoms with Crippen molar-refractivity contribution >= 4 is 16.7 Å². The Morgan fingerprint density at radius 1 is 1.00 bits per heavy atom. The van der Waals surface area contributed by atoms with Gasteiger partial charge in [0.05, 0.1) is 5.56 Å². The largest absolute Gasteiger partial charge is 0.378 e. The monoisotopic (exact) mass is 263 g/mol. The Morgan fingerprint density at radius 2 is 1.80 bits per heavy atom. The van der Waals surface area contributed by atoms with E-state index in [9.17, 15) is 0 Å². The van der Waals surface area contributed by atoms with E-state index in [1.165, 1.54) is 0 Å². The van der Waals surface area contributed by atoms with Crippen LogP contribution in [0, 0.1) is 11.8 Å². The Balaban J connectivity index is 2.11. The van der Waals surface area contributed by atoms with Crippen LogP contribution >= 0.6 is 0 Å². The van der Waals surface area contributed by atoms with Crippen LogP contribution in [-0.4, -0.2) is 24.4 Å². The molecule has 4 nitrogen and oxygen atoms in total. The number of aromatic nitrogens is 2. The summed E-state index contributed by atoms with van der Waals surface area (Å²) < 4.78 is 4.81. The van der Waals surface area contributed by atoms with Crippen LogP contribution in [0.3, 0.4) is 0 Å². The summed E-state index contributed by atoms with van der Waals surface area (Å²) in [5, 5.41) is 7.82. The van der Waals surface area contributed by atoms with E-state index < -0.39 is 0 Å². The molecule has 0 amide bonds. The summed E-state index contributed by atoms with van der Waals surface area (Å²) in [6.07, 6.45) is 0. The van der Waals surface area contributed by atoms with E-state index in [-0.39, 0.29) is 0 Å². The molecule has 3 rings (SSSR count). The van der Waals surface area contributed by atoms with Crippen molar-refractivity contribution in [2.45, 2.75) is 0 Å². The second kappa shape index (κ2) is 5.06. The van der Waals surface area contributed by atoms with Crippen molar-refractivity contribution in [1.29, 1.82) is 0 Å². The minimum atomic E-state index is 0.694. The maximum Gasteiger partial charge on any atom is 0.150 e. The van der Waals surface area contributed by atoms with Gasteiger partial charge in [-0.1, -0.05) is 30.0 Å². The molecule has 4 heteroatoms. The molecule has 1 heterocycles. The third-order valence-corrected chi connectivity index (χ3v) is 2.98. The number of benzene rings is 2. The first-order valence-corrected chi connectivity index (χ1v) is 6.25. The van der Waals surface area contributed by atoms with Gasteiger partial charge in [0.2, 0.25) is 0 Å². The molecule has 98 valence electrons. The molecule has 0 aliphatic rings. The van der Waals surface area contributed by atoms with Gasteiger partial charge in [-0.3, -0.25) is 0 Å². The van der Waals surface area contributed by atoms with Gasteiger partial charge >= 0.3 is 0 Å². The molecule has 0 saturated carbocycles. The SMILES string of the molecule is CN(C)c1cc(C#Cc2ccccc2)c2nonc2c1. The molecule has 0 aliphatic heterocycles. The first kappa shape index (κ1) is 12.2. The second-order valence-electron chi connectivity index (χ2n) is 4.64. The maximum absolute atomic E-state index is 4.81. The number of nitrogens with zero attached hydrogens (tertiary/aromatic N) is 3. The van der Waals surface area contributed by atoms with Gasteiger partial charge < -0.3 is 4.90 Å². The molecule has 2 aromatic carbocycles. The maximum atomic E-state index is 4.81. The fourth-order valence-electron chi connectivity index (χ4n) is 1.89. The Bertz CT molecular complexity index is 795. The summed E-state index contributed by atoms with van der Waals surface area (Å²) in [6.45, 7) is 0. The lowest BCUT2D eigenvalue weighted by Gasteiger charge is -2.12. The van der Waals surface area contributed by atoms with Crippen LogP contribution in [0.1, 0.15) is 11.1 Å². The number of hydrogen-bond acceptors (Lipinski definition) is 4. The van der Waals surface area contributed by atoms with Gasteiger partial charge in [0.1, 0.15) is 5.52 Å². The van der Waals surface area contributed by atoms with Crippen molar-refractivity contribution in [2.24, 2.45) is 0 Å². The number of anilines is 1. The van der Waals surface area contributed by atoms with E-state index in [2.05, 4.69) is 22.2 Å². The van der Waals surface area contributed by atoms with Crippen molar-refractivity contribution in [3.8, 4) is 11.8 Å². The summed E-state index contributed by atoms with van der Waals surface area (Å²) >= 11 is 0. The highest BCUT2D eigenvalue weighted by Gasteiger charge is 2.08. The summed E-state index contributed by atoms with van der Waals surface area (Å²) in [7, 11) is 3.95. The number of fused-ring (bicyclic) bond motifs is 1. The molecule has 0 aliphatic carbocycles. The predicted molar refractivity (Wildman–Crippen MR) is 78.6 cm³/mol. The van der Waals surface area contributed by atoms with Gasteiger partial charge in [-0.15, -0.1) is 0 Å². The van der Waals surface area contributed by atoms with Gasteiger partial charge in [0, 0.05) is 25.3 Å². The Hall–Kier alpha value is -2.80. The predicted octanol–water partition coefficient (Wildman–Crippen LogP) is 2.69. The van der Waals surface area contributed by atoms with Gasteiger partial charge in [0.25, 0.3) is 0 Å². The molecule has 0 spiro atoms. The molecule has 1 aromatic heterocycles. The summed E-state index contributed by atoms with van der Waals surface area (Å²) in [4.78, 5) is 2.00. The molecular formula is C16H13N3O. The van der Waals surface area contributed by atoms with Crippen molar-refractivity contribution in [1.82, 2.24) is 10.3 Å². The zero-order valence-corrected chi connectivity index (χ0v) is 11.3. The van der Waals surface area contributed by atoms with Crippen LogP contribution in [-0.2, 0) is 0 Å². The fourth-order valence-corrected chi connectivity index (χ4v) is 1.89. The lowest BCUT2D eigenvalue weighted by molar-refractivity contribution is 0.315. The molecule has 0 atom stereocenters. The van der Waals surface area contributed by atoms with Gasteiger partial charge in [-0.2, -0.15) is 0 Å². The molecule has 0 radical (unpaired) electrons. The highest BCUT2D eigenvalue weighted by atomic mass is 16.6. The number of hydrogen-bond donors (Lipinski definition) is 0. The zero-order chi connectivity index (χ0) is 13.9. The third kappa shape index (κ3) is 2.34. The van der Waals surface area contributed by atoms with E-state index in [1.54, 1.807) is 0 Å². The van der Waals surface area contributed by atoms with E-state index in [4.69, 9.17) is 4.63 Å². The fraction of sp³-hybridized carbons (Fsp3) is 0.125. The minimum absolute atomic E-state index is 0.694. The Morgan fingerprint density at radius 3 is 2.55 bits per heavy atom. The standard InChI is InChI=1S/C16H13N3O/c1-19(2)14-10-13(16-15(11-14)17-20-18-16)9-8-12-6-4-3-5-7-12/h3-7,10-11H,1-2H3. The van der Waals surface area contributed by atoms with Crippen LogP contribution < -0.4 is 4.90 Å². The molecule has 0 unspecified atom stereocenters. The van der Waals surface area contributed by atoms with Gasteiger partial charge in [0.15, 0.2) is 5.52 Å². The van der Waals surface area contributed by atoms with E-state index in [0.717, 1.165) is 16.8 Å². The van der Waals surface area contributed by atoms with Crippen LogP contribution in [0.15, 0.2) is 47.1 Å². The van der Waals surface area contributed by atoms with Crippen LogP contribution in [0.4, 0.5) is 5.69 Å². The van der Waals surface area contributed by atoms with Crippen molar-refractivity contribution in [2.75, 3.05) is 19.0 Å². The quantitative estimate of drug-likeness (QED) is 0.633. The average molecular weight is 263 g/mol. The molecule has 0 N–H and O–H groups in total. The smallest absolute Gasteiger partial charge is 0.150 e. The van der Waals surface area contributed by atoms with Crippen LogP contribution in [0.25, 0.3) is 11.0 Å². The zero-order valence-electron chi connectivity index (χ0n) is 11.3. The lowest BCUT2D eigenvalue weighted by Crippen LogP contribution is -2.08. The minimum Gasteiger partial charge on any atom is -0.378 e. The molecule has 3 aromatic rings. The van der Waals surface area contributed by atoms with E-state index >= 15 is 0 Å². The highest BCUT2D eigenvalue weighted by molar-refractivity contribution is 5.84. The summed E-state index contributed by atoms with van der Waals surface area (Å²) in [5.74, 6) is 6.28. The first-order valence-electron chi connectivity index (χ1n) is 6.25. The van der Waals surface area contributed by atoms with E-state index in [0.29, 0.717) is 11.0 Å². The molecular weight excluding hydrogens is 250 g/mol. The van der Waals surface area contributed by atoms with Gasteiger partial charge in [-0.05, 0) is 34.6 Å². The molecule has 20 heavy (non-hydrogen) atoms. The number of rotatable bonds is 1. The highest BCUT2D eigenvalue weighted by Crippen LogP contribution is 2.22. The Labute approximate surface area is 117 Å². The average Bonchev–Trinajstić information content (AvgIpc) is 2.94. The van der Waals surface area contributed by atoms with Crippen molar-refractivity contribution < 1.29 is 4.63 Å². The van der Waals surface area contributed by atoms with Crippen LogP contribution in [0.5, 0.6) is 0 Å². The van der Waals surface area contributed by atoms with Gasteiger partial charge in [-0.25, -0.2) is 4.63 Å². The van der Waals surface area contributed by atoms with Crippen LogP contribution in [0.2, 0.25) is 0 Å². The normalized spacial score (nSPS) is 10.1. The first-order chi connectivity index (χ1) is 9.74. The lowest BCUT2D eigenvalue weighted by atomic mass is 10.1. The topological polar surface area (TPSA) is 42.2 Å². The van der Waals surface area contributed by atoms with Crippen molar-refractivity contribution in [3.63, 3.8) is 0 Å². The van der Waals surface area contributed by atoms with E-state index in [1.807, 2.05) is 61.5 Å². The van der Waals surface area contributed by atoms with Crippen molar-refractivity contribution in [3.05, 3.63) is 53.6 Å². The third-order valence-electron chi connectivity index (χ3n) is 2.98. The second-order valence-corrected chi connectivity index (χ2v) is 4.64. The summed E-state index contributed by atoms with van der Waals surface area (Å²) in [5.41, 5.74) is 4.21. The molecule has 0 fully saturated rings. The molecule has 0 saturated heterocycles. The molecule has 0 bridgehead atoms. The Kier molecular flexibility index (Phi) is 3.10.